The van der Waals surface area contributed by atoms with E-state index in [0.717, 1.165) is 32.2 Å². The fourth-order valence-electron chi connectivity index (χ4n) is 2.94. The minimum absolute atomic E-state index is 0.0393. The second kappa shape index (κ2) is 9.64. The Kier molecular flexibility index (Phi) is 8.16. The molecule has 0 aliphatic carbocycles. The van der Waals surface area contributed by atoms with Crippen LogP contribution in [-0.2, 0) is 4.79 Å². The largest absolute Gasteiger partial charge is 0.481 e. The molecule has 0 aromatic heterocycles. The average molecular weight is 298 g/mol. The SMILES string of the molecule is CCC(CCNC(=O)N1CCCCCC1C)CCC(=O)O. The standard InChI is InChI=1S/C16H30N2O3/c1-3-14(8-9-15(19)20)10-11-17-16(21)18-12-6-4-5-7-13(18)2/h13-14H,3-12H2,1-2H3,(H,17,21)(H,19,20). The van der Waals surface area contributed by atoms with Crippen LogP contribution in [0.15, 0.2) is 0 Å². The van der Waals surface area contributed by atoms with Crippen LogP contribution >= 0.6 is 0 Å². The molecule has 1 aliphatic heterocycles. The van der Waals surface area contributed by atoms with Crippen molar-refractivity contribution >= 4 is 12.0 Å². The van der Waals surface area contributed by atoms with Crippen LogP contribution in [0, 0.1) is 5.92 Å². The fourth-order valence-corrected chi connectivity index (χ4v) is 2.94. The molecule has 0 spiro atoms. The Morgan fingerprint density at radius 3 is 2.71 bits per heavy atom. The Morgan fingerprint density at radius 1 is 1.29 bits per heavy atom. The van der Waals surface area contributed by atoms with Gasteiger partial charge >= 0.3 is 12.0 Å². The Labute approximate surface area is 128 Å². The highest BCUT2D eigenvalue weighted by molar-refractivity contribution is 5.74. The van der Waals surface area contributed by atoms with Crippen molar-refractivity contribution in [3.63, 3.8) is 0 Å². The lowest BCUT2D eigenvalue weighted by Gasteiger charge is -2.27. The Morgan fingerprint density at radius 2 is 2.05 bits per heavy atom. The Balaban J connectivity index is 2.29. The number of rotatable bonds is 7. The van der Waals surface area contributed by atoms with Crippen molar-refractivity contribution in [3.8, 4) is 0 Å². The first-order valence-corrected chi connectivity index (χ1v) is 8.30. The third kappa shape index (κ3) is 6.82. The molecule has 21 heavy (non-hydrogen) atoms. The summed E-state index contributed by atoms with van der Waals surface area (Å²) in [6, 6.07) is 0.360. The van der Waals surface area contributed by atoms with Crippen molar-refractivity contribution < 1.29 is 14.7 Å². The third-order valence-electron chi connectivity index (χ3n) is 4.49. The summed E-state index contributed by atoms with van der Waals surface area (Å²) in [4.78, 5) is 24.8. The molecule has 0 aromatic rings. The van der Waals surface area contributed by atoms with Crippen LogP contribution in [0.2, 0.25) is 0 Å². The molecule has 1 aliphatic rings. The molecule has 2 N–H and O–H groups in total. The van der Waals surface area contributed by atoms with Crippen molar-refractivity contribution in [2.75, 3.05) is 13.1 Å². The smallest absolute Gasteiger partial charge is 0.317 e. The lowest BCUT2D eigenvalue weighted by Crippen LogP contribution is -2.45. The van der Waals surface area contributed by atoms with Gasteiger partial charge in [-0.3, -0.25) is 4.79 Å². The van der Waals surface area contributed by atoms with Crippen LogP contribution in [0.3, 0.4) is 0 Å². The number of urea groups is 1. The monoisotopic (exact) mass is 298 g/mol. The summed E-state index contributed by atoms with van der Waals surface area (Å²) in [6.07, 6.45) is 7.33. The number of carboxylic acid groups (broad SMARTS) is 1. The maximum atomic E-state index is 12.2. The number of hydrogen-bond donors (Lipinski definition) is 2. The summed E-state index contributed by atoms with van der Waals surface area (Å²) < 4.78 is 0. The lowest BCUT2D eigenvalue weighted by molar-refractivity contribution is -0.137. The molecule has 1 rings (SSSR count). The third-order valence-corrected chi connectivity index (χ3v) is 4.49. The highest BCUT2D eigenvalue weighted by Crippen LogP contribution is 2.17. The van der Waals surface area contributed by atoms with Gasteiger partial charge in [-0.2, -0.15) is 0 Å². The maximum Gasteiger partial charge on any atom is 0.317 e. The van der Waals surface area contributed by atoms with Crippen LogP contribution in [-0.4, -0.2) is 41.1 Å². The zero-order valence-corrected chi connectivity index (χ0v) is 13.4. The van der Waals surface area contributed by atoms with Crippen LogP contribution in [0.4, 0.5) is 4.79 Å². The van der Waals surface area contributed by atoms with Gasteiger partial charge in [-0.15, -0.1) is 0 Å². The molecule has 2 atom stereocenters. The first kappa shape index (κ1) is 17.8. The van der Waals surface area contributed by atoms with Gasteiger partial charge in [-0.25, -0.2) is 4.79 Å². The maximum absolute atomic E-state index is 12.2. The van der Waals surface area contributed by atoms with Gasteiger partial charge in [0.2, 0.25) is 0 Å². The minimum atomic E-state index is -0.740. The first-order valence-electron chi connectivity index (χ1n) is 8.30. The molecule has 122 valence electrons. The fraction of sp³-hybridized carbons (Fsp3) is 0.875. The van der Waals surface area contributed by atoms with E-state index in [4.69, 9.17) is 5.11 Å². The van der Waals surface area contributed by atoms with Gasteiger partial charge in [0, 0.05) is 25.6 Å². The number of aliphatic carboxylic acids is 1. The quantitative estimate of drug-likeness (QED) is 0.758. The molecule has 0 saturated carbocycles. The highest BCUT2D eigenvalue weighted by Gasteiger charge is 2.21. The van der Waals surface area contributed by atoms with E-state index in [1.165, 1.54) is 12.8 Å². The molecule has 1 heterocycles. The molecule has 0 bridgehead atoms. The number of likely N-dealkylation sites (tertiary alicyclic amines) is 1. The molecule has 5 heteroatoms. The number of amides is 2. The molecule has 2 unspecified atom stereocenters. The predicted octanol–water partition coefficient (Wildman–Crippen LogP) is 3.24. The molecule has 0 radical (unpaired) electrons. The van der Waals surface area contributed by atoms with Crippen LogP contribution < -0.4 is 5.32 Å². The summed E-state index contributed by atoms with van der Waals surface area (Å²) in [7, 11) is 0. The minimum Gasteiger partial charge on any atom is -0.481 e. The second-order valence-electron chi connectivity index (χ2n) is 6.12. The van der Waals surface area contributed by atoms with E-state index >= 15 is 0 Å². The normalized spacial score (nSPS) is 20.7. The van der Waals surface area contributed by atoms with Crippen molar-refractivity contribution in [2.45, 2.75) is 71.3 Å². The van der Waals surface area contributed by atoms with Crippen molar-refractivity contribution in [3.05, 3.63) is 0 Å². The molecular weight excluding hydrogens is 268 g/mol. The summed E-state index contributed by atoms with van der Waals surface area (Å²) in [5.41, 5.74) is 0. The van der Waals surface area contributed by atoms with E-state index in [9.17, 15) is 9.59 Å². The number of carboxylic acids is 1. The van der Waals surface area contributed by atoms with Gasteiger partial charge in [0.15, 0.2) is 0 Å². The Bertz CT molecular complexity index is 333. The van der Waals surface area contributed by atoms with E-state index in [2.05, 4.69) is 19.2 Å². The molecule has 0 aromatic carbocycles. The van der Waals surface area contributed by atoms with Crippen molar-refractivity contribution in [1.29, 1.82) is 0 Å². The topological polar surface area (TPSA) is 69.6 Å². The molecule has 1 fully saturated rings. The van der Waals surface area contributed by atoms with E-state index in [1.54, 1.807) is 0 Å². The Hall–Kier alpha value is -1.26. The molecule has 5 nitrogen and oxygen atoms in total. The van der Waals surface area contributed by atoms with E-state index in [0.29, 0.717) is 24.9 Å². The van der Waals surface area contributed by atoms with Gasteiger partial charge in [-0.1, -0.05) is 26.2 Å². The summed E-state index contributed by atoms with van der Waals surface area (Å²) >= 11 is 0. The highest BCUT2D eigenvalue weighted by atomic mass is 16.4. The average Bonchev–Trinajstić information content (AvgIpc) is 2.66. The second-order valence-corrected chi connectivity index (χ2v) is 6.12. The van der Waals surface area contributed by atoms with Crippen molar-refractivity contribution in [2.24, 2.45) is 5.92 Å². The number of hydrogen-bond acceptors (Lipinski definition) is 2. The number of nitrogens with zero attached hydrogens (tertiary/aromatic N) is 1. The van der Waals surface area contributed by atoms with Crippen LogP contribution in [0.5, 0.6) is 0 Å². The first-order chi connectivity index (χ1) is 10.0. The van der Waals surface area contributed by atoms with E-state index in [1.807, 2.05) is 4.90 Å². The molecule has 2 amide bonds. The zero-order valence-electron chi connectivity index (χ0n) is 13.4. The van der Waals surface area contributed by atoms with Crippen molar-refractivity contribution in [1.82, 2.24) is 10.2 Å². The van der Waals surface area contributed by atoms with Crippen LogP contribution in [0.25, 0.3) is 0 Å². The van der Waals surface area contributed by atoms with E-state index in [-0.39, 0.29) is 12.5 Å². The number of nitrogens with one attached hydrogen (secondary N) is 1. The van der Waals surface area contributed by atoms with Gasteiger partial charge < -0.3 is 15.3 Å². The van der Waals surface area contributed by atoms with E-state index < -0.39 is 5.97 Å². The number of carbonyl (C=O) groups excluding carboxylic acids is 1. The molecular formula is C16H30N2O3. The van der Waals surface area contributed by atoms with Gasteiger partial charge in [0.25, 0.3) is 0 Å². The zero-order chi connectivity index (χ0) is 15.7. The number of carbonyl (C=O) groups is 2. The van der Waals surface area contributed by atoms with Gasteiger partial charge in [0.05, 0.1) is 0 Å². The summed E-state index contributed by atoms with van der Waals surface area (Å²) in [6.45, 7) is 5.68. The van der Waals surface area contributed by atoms with Crippen LogP contribution in [0.1, 0.15) is 65.2 Å². The summed E-state index contributed by atoms with van der Waals surface area (Å²) in [5.74, 6) is -0.362. The summed E-state index contributed by atoms with van der Waals surface area (Å²) in [5, 5.41) is 11.7. The lowest BCUT2D eigenvalue weighted by atomic mass is 9.97. The molecule has 1 saturated heterocycles. The van der Waals surface area contributed by atoms with Gasteiger partial charge in [-0.05, 0) is 38.5 Å². The predicted molar refractivity (Wildman–Crippen MR) is 83.3 cm³/mol. The van der Waals surface area contributed by atoms with Gasteiger partial charge in [0.1, 0.15) is 0 Å².